The molecule has 0 saturated carbocycles. The van der Waals surface area contributed by atoms with Gasteiger partial charge in [0.25, 0.3) is 11.8 Å². The monoisotopic (exact) mass is 262 g/mol. The summed E-state index contributed by atoms with van der Waals surface area (Å²) in [7, 11) is 3.60. The van der Waals surface area contributed by atoms with E-state index in [2.05, 4.69) is 11.9 Å². The van der Waals surface area contributed by atoms with Gasteiger partial charge in [-0.05, 0) is 19.2 Å². The molecule has 0 aromatic heterocycles. The van der Waals surface area contributed by atoms with Gasteiger partial charge in [-0.3, -0.25) is 14.5 Å². The third-order valence-corrected chi connectivity index (χ3v) is 3.23. The number of imide groups is 1. The van der Waals surface area contributed by atoms with E-state index in [9.17, 15) is 9.59 Å². The molecule has 2 heterocycles. The van der Waals surface area contributed by atoms with Crippen molar-refractivity contribution in [2.24, 2.45) is 0 Å². The highest BCUT2D eigenvalue weighted by molar-refractivity contribution is 6.21. The molecular formula is C14H18N2O3. The highest BCUT2D eigenvalue weighted by atomic mass is 16.5. The standard InChI is InChI=1S/C9H7NO2.C5H11NO/c1-10-8(11)6-4-2-3-5-7(6)9(10)12;1-6-2-4-7-5-3-6/h2-5H,1H3;2-5H2,1H3. The van der Waals surface area contributed by atoms with Crippen LogP contribution in [0.25, 0.3) is 0 Å². The average Bonchev–Trinajstić information content (AvgIpc) is 2.66. The molecule has 0 N–H and O–H groups in total. The molecule has 0 atom stereocenters. The predicted octanol–water partition coefficient (Wildman–Crippen LogP) is 0.861. The molecule has 0 aliphatic carbocycles. The molecule has 19 heavy (non-hydrogen) atoms. The smallest absolute Gasteiger partial charge is 0.261 e. The number of hydrogen-bond donors (Lipinski definition) is 0. The van der Waals surface area contributed by atoms with Gasteiger partial charge in [0.05, 0.1) is 24.3 Å². The van der Waals surface area contributed by atoms with E-state index in [0.717, 1.165) is 31.2 Å². The number of carbonyl (C=O) groups is 2. The summed E-state index contributed by atoms with van der Waals surface area (Å²) >= 11 is 0. The van der Waals surface area contributed by atoms with Crippen LogP contribution in [0.4, 0.5) is 0 Å². The Hall–Kier alpha value is -1.72. The van der Waals surface area contributed by atoms with Crippen molar-refractivity contribution in [3.05, 3.63) is 35.4 Å². The number of benzene rings is 1. The molecule has 1 saturated heterocycles. The molecule has 2 amide bonds. The molecule has 5 nitrogen and oxygen atoms in total. The summed E-state index contributed by atoms with van der Waals surface area (Å²) in [6.07, 6.45) is 0. The van der Waals surface area contributed by atoms with E-state index in [-0.39, 0.29) is 11.8 Å². The number of nitrogens with zero attached hydrogens (tertiary/aromatic N) is 2. The van der Waals surface area contributed by atoms with Crippen LogP contribution in [0.5, 0.6) is 0 Å². The summed E-state index contributed by atoms with van der Waals surface area (Å²) < 4.78 is 5.10. The Labute approximate surface area is 112 Å². The lowest BCUT2D eigenvalue weighted by atomic mass is 10.1. The summed E-state index contributed by atoms with van der Waals surface area (Å²) in [5, 5.41) is 0. The molecule has 2 aliphatic heterocycles. The van der Waals surface area contributed by atoms with Crippen molar-refractivity contribution in [3.63, 3.8) is 0 Å². The molecule has 2 aliphatic rings. The second-order valence-electron chi connectivity index (χ2n) is 4.63. The maximum Gasteiger partial charge on any atom is 0.261 e. The summed E-state index contributed by atoms with van der Waals surface area (Å²) in [6.45, 7) is 4.02. The number of carbonyl (C=O) groups excluding carboxylic acids is 2. The van der Waals surface area contributed by atoms with Gasteiger partial charge in [0.1, 0.15) is 0 Å². The van der Waals surface area contributed by atoms with E-state index in [4.69, 9.17) is 4.74 Å². The van der Waals surface area contributed by atoms with E-state index in [1.54, 1.807) is 24.3 Å². The molecule has 1 fully saturated rings. The van der Waals surface area contributed by atoms with Gasteiger partial charge in [0, 0.05) is 20.1 Å². The number of amides is 2. The zero-order valence-corrected chi connectivity index (χ0v) is 11.3. The van der Waals surface area contributed by atoms with Gasteiger partial charge in [-0.15, -0.1) is 0 Å². The number of morpholine rings is 1. The Morgan fingerprint density at radius 2 is 1.42 bits per heavy atom. The number of rotatable bonds is 0. The van der Waals surface area contributed by atoms with Crippen molar-refractivity contribution in [3.8, 4) is 0 Å². The fourth-order valence-corrected chi connectivity index (χ4v) is 1.96. The van der Waals surface area contributed by atoms with E-state index in [1.807, 2.05) is 0 Å². The Bertz CT molecular complexity index is 446. The molecule has 0 bridgehead atoms. The van der Waals surface area contributed by atoms with Crippen LogP contribution >= 0.6 is 0 Å². The quantitative estimate of drug-likeness (QED) is 0.651. The molecule has 0 radical (unpaired) electrons. The fourth-order valence-electron chi connectivity index (χ4n) is 1.96. The fraction of sp³-hybridized carbons (Fsp3) is 0.429. The van der Waals surface area contributed by atoms with Crippen LogP contribution in [0, 0.1) is 0 Å². The number of hydrogen-bond acceptors (Lipinski definition) is 4. The Morgan fingerprint density at radius 3 is 1.79 bits per heavy atom. The van der Waals surface area contributed by atoms with Crippen molar-refractivity contribution < 1.29 is 14.3 Å². The SMILES string of the molecule is CN1C(=O)c2ccccc2C1=O.CN1CCOCC1. The van der Waals surface area contributed by atoms with Crippen LogP contribution in [0.15, 0.2) is 24.3 Å². The lowest BCUT2D eigenvalue weighted by Gasteiger charge is -2.21. The van der Waals surface area contributed by atoms with Gasteiger partial charge >= 0.3 is 0 Å². The lowest BCUT2D eigenvalue weighted by Crippen LogP contribution is -2.32. The van der Waals surface area contributed by atoms with Crippen molar-refractivity contribution >= 4 is 11.8 Å². The minimum Gasteiger partial charge on any atom is -0.379 e. The topological polar surface area (TPSA) is 49.9 Å². The van der Waals surface area contributed by atoms with Crippen LogP contribution in [-0.4, -0.2) is 62.0 Å². The van der Waals surface area contributed by atoms with Gasteiger partial charge in [-0.2, -0.15) is 0 Å². The Balaban J connectivity index is 0.000000163. The summed E-state index contributed by atoms with van der Waals surface area (Å²) in [6, 6.07) is 6.84. The summed E-state index contributed by atoms with van der Waals surface area (Å²) in [4.78, 5) is 26.0. The third kappa shape index (κ3) is 3.00. The molecule has 1 aromatic carbocycles. The first-order valence-corrected chi connectivity index (χ1v) is 6.29. The largest absolute Gasteiger partial charge is 0.379 e. The number of ether oxygens (including phenoxy) is 1. The van der Waals surface area contributed by atoms with E-state index in [1.165, 1.54) is 7.05 Å². The molecule has 1 aromatic rings. The van der Waals surface area contributed by atoms with Crippen LogP contribution in [0.2, 0.25) is 0 Å². The normalized spacial score (nSPS) is 18.9. The molecule has 5 heteroatoms. The number of likely N-dealkylation sites (N-methyl/N-ethyl adjacent to an activating group) is 1. The van der Waals surface area contributed by atoms with Gasteiger partial charge in [0.15, 0.2) is 0 Å². The van der Waals surface area contributed by atoms with Gasteiger partial charge in [0.2, 0.25) is 0 Å². The first kappa shape index (κ1) is 13.7. The Kier molecular flexibility index (Phi) is 4.29. The van der Waals surface area contributed by atoms with E-state index < -0.39 is 0 Å². The molecule has 0 spiro atoms. The minimum atomic E-state index is -0.212. The second kappa shape index (κ2) is 5.95. The van der Waals surface area contributed by atoms with Crippen molar-refractivity contribution in [2.45, 2.75) is 0 Å². The zero-order valence-electron chi connectivity index (χ0n) is 11.3. The first-order chi connectivity index (χ1) is 9.11. The summed E-state index contributed by atoms with van der Waals surface area (Å²) in [5.41, 5.74) is 1.01. The van der Waals surface area contributed by atoms with Crippen molar-refractivity contribution in [1.29, 1.82) is 0 Å². The van der Waals surface area contributed by atoms with Gasteiger partial charge < -0.3 is 9.64 Å². The highest BCUT2D eigenvalue weighted by Crippen LogP contribution is 2.20. The minimum absolute atomic E-state index is 0.212. The summed E-state index contributed by atoms with van der Waals surface area (Å²) in [5.74, 6) is -0.425. The predicted molar refractivity (Wildman–Crippen MR) is 71.2 cm³/mol. The molecule has 0 unspecified atom stereocenters. The lowest BCUT2D eigenvalue weighted by molar-refractivity contribution is 0.0503. The van der Waals surface area contributed by atoms with Crippen LogP contribution in [0.3, 0.4) is 0 Å². The van der Waals surface area contributed by atoms with Crippen LogP contribution in [0.1, 0.15) is 20.7 Å². The van der Waals surface area contributed by atoms with E-state index >= 15 is 0 Å². The Morgan fingerprint density at radius 1 is 0.947 bits per heavy atom. The maximum atomic E-state index is 11.3. The molecule has 3 rings (SSSR count). The molecule has 102 valence electrons. The highest BCUT2D eigenvalue weighted by Gasteiger charge is 2.31. The number of fused-ring (bicyclic) bond motifs is 1. The second-order valence-corrected chi connectivity index (χ2v) is 4.63. The van der Waals surface area contributed by atoms with Crippen molar-refractivity contribution in [1.82, 2.24) is 9.80 Å². The first-order valence-electron chi connectivity index (χ1n) is 6.29. The third-order valence-electron chi connectivity index (χ3n) is 3.23. The van der Waals surface area contributed by atoms with Crippen LogP contribution in [-0.2, 0) is 4.74 Å². The van der Waals surface area contributed by atoms with Gasteiger partial charge in [-0.25, -0.2) is 0 Å². The zero-order chi connectivity index (χ0) is 13.8. The average molecular weight is 262 g/mol. The van der Waals surface area contributed by atoms with E-state index in [0.29, 0.717) is 11.1 Å². The van der Waals surface area contributed by atoms with Gasteiger partial charge in [-0.1, -0.05) is 12.1 Å². The maximum absolute atomic E-state index is 11.3. The van der Waals surface area contributed by atoms with Crippen LogP contribution < -0.4 is 0 Å². The molecular weight excluding hydrogens is 244 g/mol. The van der Waals surface area contributed by atoms with Crippen molar-refractivity contribution in [2.75, 3.05) is 40.4 Å².